The fourth-order valence-electron chi connectivity index (χ4n) is 2.70. The van der Waals surface area contributed by atoms with Crippen LogP contribution in [0.1, 0.15) is 26.7 Å². The van der Waals surface area contributed by atoms with Crippen LogP contribution in [0.5, 0.6) is 0 Å². The molecule has 0 aromatic rings. The van der Waals surface area contributed by atoms with Gasteiger partial charge in [-0.2, -0.15) is 0 Å². The maximum atomic E-state index is 12.2. The average molecular weight is 305 g/mol. The van der Waals surface area contributed by atoms with E-state index in [0.717, 1.165) is 19.4 Å². The van der Waals surface area contributed by atoms with Gasteiger partial charge in [-0.25, -0.2) is 12.7 Å². The molecule has 1 heterocycles. The van der Waals surface area contributed by atoms with Gasteiger partial charge in [0.1, 0.15) is 5.75 Å². The summed E-state index contributed by atoms with van der Waals surface area (Å²) in [4.78, 5) is 13.9. The number of rotatable bonds is 7. The Labute approximate surface area is 122 Å². The Morgan fingerprint density at radius 1 is 1.35 bits per heavy atom. The molecule has 20 heavy (non-hydrogen) atoms. The number of amides is 1. The number of likely N-dealkylation sites (tertiary alicyclic amines) is 1. The Balaban J connectivity index is 2.61. The number of carbonyl (C=O) groups excluding carboxylic acids is 1. The molecular weight excluding hydrogens is 278 g/mol. The van der Waals surface area contributed by atoms with Crippen molar-refractivity contribution in [3.63, 3.8) is 0 Å². The van der Waals surface area contributed by atoms with Crippen molar-refractivity contribution >= 4 is 15.9 Å². The molecule has 0 spiro atoms. The molecule has 1 rings (SSSR count). The van der Waals surface area contributed by atoms with Crippen LogP contribution in [0, 0.1) is 5.92 Å². The Hall–Kier alpha value is -0.660. The molecular formula is C13H27N3O3S. The zero-order chi connectivity index (χ0) is 15.2. The summed E-state index contributed by atoms with van der Waals surface area (Å²) in [7, 11) is -1.58. The zero-order valence-corrected chi connectivity index (χ0v) is 13.6. The fraction of sp³-hybridized carbons (Fsp3) is 0.923. The van der Waals surface area contributed by atoms with Crippen molar-refractivity contribution in [2.75, 3.05) is 45.5 Å². The lowest BCUT2D eigenvalue weighted by atomic mass is 9.98. The topological polar surface area (TPSA) is 69.7 Å². The average Bonchev–Trinajstić information content (AvgIpc) is 2.40. The molecule has 0 saturated carbocycles. The Morgan fingerprint density at radius 3 is 2.55 bits per heavy atom. The molecule has 0 aromatic carbocycles. The van der Waals surface area contributed by atoms with Crippen molar-refractivity contribution in [3.05, 3.63) is 0 Å². The summed E-state index contributed by atoms with van der Waals surface area (Å²) in [6.07, 6.45) is 2.04. The Morgan fingerprint density at radius 2 is 2.00 bits per heavy atom. The van der Waals surface area contributed by atoms with E-state index >= 15 is 0 Å². The van der Waals surface area contributed by atoms with Gasteiger partial charge in [0.15, 0.2) is 0 Å². The standard InChI is InChI=1S/C13H27N3O3S/c1-4-16(5-2)20(18,19)11-13(17)15-8-6-7-12(10-15)9-14-3/h12,14H,4-11H2,1-3H3. The summed E-state index contributed by atoms with van der Waals surface area (Å²) in [6, 6.07) is 0. The minimum atomic E-state index is -3.47. The summed E-state index contributed by atoms with van der Waals surface area (Å²) in [5.41, 5.74) is 0. The first-order chi connectivity index (χ1) is 9.44. The van der Waals surface area contributed by atoms with Crippen LogP contribution in [0.4, 0.5) is 0 Å². The summed E-state index contributed by atoms with van der Waals surface area (Å²) in [5, 5.41) is 3.12. The van der Waals surface area contributed by atoms with E-state index in [1.54, 1.807) is 18.7 Å². The van der Waals surface area contributed by atoms with E-state index in [1.165, 1.54) is 4.31 Å². The second-order valence-corrected chi connectivity index (χ2v) is 7.22. The van der Waals surface area contributed by atoms with E-state index in [-0.39, 0.29) is 5.91 Å². The van der Waals surface area contributed by atoms with Gasteiger partial charge in [-0.05, 0) is 32.4 Å². The van der Waals surface area contributed by atoms with Crippen molar-refractivity contribution in [2.24, 2.45) is 5.92 Å². The number of piperidine rings is 1. The Bertz CT molecular complexity index is 405. The predicted octanol–water partition coefficient (Wildman–Crippen LogP) is 0.116. The Kier molecular flexibility index (Phi) is 6.91. The van der Waals surface area contributed by atoms with Crippen LogP contribution in [0.15, 0.2) is 0 Å². The van der Waals surface area contributed by atoms with Crippen LogP contribution < -0.4 is 5.32 Å². The minimum Gasteiger partial charge on any atom is -0.341 e. The predicted molar refractivity (Wildman–Crippen MR) is 79.9 cm³/mol. The summed E-state index contributed by atoms with van der Waals surface area (Å²) in [6.45, 7) is 6.60. The number of nitrogens with one attached hydrogen (secondary N) is 1. The fourth-order valence-corrected chi connectivity index (χ4v) is 4.17. The third-order valence-electron chi connectivity index (χ3n) is 3.77. The molecule has 7 heteroatoms. The maximum absolute atomic E-state index is 12.2. The number of hydrogen-bond acceptors (Lipinski definition) is 4. The monoisotopic (exact) mass is 305 g/mol. The highest BCUT2D eigenvalue weighted by molar-refractivity contribution is 7.89. The summed E-state index contributed by atoms with van der Waals surface area (Å²) in [5.74, 6) is -0.243. The van der Waals surface area contributed by atoms with E-state index in [0.29, 0.717) is 32.1 Å². The van der Waals surface area contributed by atoms with Gasteiger partial charge < -0.3 is 10.2 Å². The van der Waals surface area contributed by atoms with Crippen molar-refractivity contribution in [1.29, 1.82) is 0 Å². The van der Waals surface area contributed by atoms with E-state index in [2.05, 4.69) is 5.32 Å². The molecule has 0 aliphatic carbocycles. The van der Waals surface area contributed by atoms with Crippen LogP contribution in [0.25, 0.3) is 0 Å². The number of sulfonamides is 1. The zero-order valence-electron chi connectivity index (χ0n) is 12.8. The van der Waals surface area contributed by atoms with Crippen LogP contribution in [0.3, 0.4) is 0 Å². The molecule has 1 aliphatic rings. The van der Waals surface area contributed by atoms with E-state index in [4.69, 9.17) is 0 Å². The van der Waals surface area contributed by atoms with Gasteiger partial charge >= 0.3 is 0 Å². The first-order valence-corrected chi connectivity index (χ1v) is 8.95. The van der Waals surface area contributed by atoms with Crippen molar-refractivity contribution < 1.29 is 13.2 Å². The number of nitrogens with zero attached hydrogens (tertiary/aromatic N) is 2. The number of carbonyl (C=O) groups is 1. The molecule has 6 nitrogen and oxygen atoms in total. The molecule has 1 aliphatic heterocycles. The van der Waals surface area contributed by atoms with Crippen molar-refractivity contribution in [1.82, 2.24) is 14.5 Å². The minimum absolute atomic E-state index is 0.266. The van der Waals surface area contributed by atoms with E-state index in [9.17, 15) is 13.2 Å². The van der Waals surface area contributed by atoms with Crippen LogP contribution in [-0.4, -0.2) is 69.1 Å². The second-order valence-electron chi connectivity index (χ2n) is 5.25. The highest BCUT2D eigenvalue weighted by Gasteiger charge is 2.29. The van der Waals surface area contributed by atoms with Gasteiger partial charge in [-0.1, -0.05) is 13.8 Å². The van der Waals surface area contributed by atoms with E-state index < -0.39 is 15.8 Å². The highest BCUT2D eigenvalue weighted by atomic mass is 32.2. The van der Waals surface area contributed by atoms with Gasteiger partial charge in [-0.15, -0.1) is 0 Å². The first kappa shape index (κ1) is 17.4. The van der Waals surface area contributed by atoms with Gasteiger partial charge in [-0.3, -0.25) is 4.79 Å². The summed E-state index contributed by atoms with van der Waals surface area (Å²) < 4.78 is 25.6. The molecule has 118 valence electrons. The quantitative estimate of drug-likeness (QED) is 0.725. The third-order valence-corrected chi connectivity index (χ3v) is 5.68. The molecule has 1 atom stereocenters. The molecule has 1 N–H and O–H groups in total. The number of hydrogen-bond donors (Lipinski definition) is 1. The van der Waals surface area contributed by atoms with E-state index in [1.807, 2.05) is 7.05 Å². The molecule has 1 fully saturated rings. The maximum Gasteiger partial charge on any atom is 0.239 e. The van der Waals surface area contributed by atoms with Crippen LogP contribution >= 0.6 is 0 Å². The van der Waals surface area contributed by atoms with Crippen molar-refractivity contribution in [2.45, 2.75) is 26.7 Å². The molecule has 1 amide bonds. The lowest BCUT2D eigenvalue weighted by Crippen LogP contribution is -2.46. The SMILES string of the molecule is CCN(CC)S(=O)(=O)CC(=O)N1CCCC(CNC)C1. The second kappa shape index (κ2) is 7.95. The molecule has 0 aromatic heterocycles. The van der Waals surface area contributed by atoms with Gasteiger partial charge in [0, 0.05) is 26.2 Å². The lowest BCUT2D eigenvalue weighted by Gasteiger charge is -2.33. The van der Waals surface area contributed by atoms with Crippen molar-refractivity contribution in [3.8, 4) is 0 Å². The molecule has 0 bridgehead atoms. The normalized spacial score (nSPS) is 20.4. The molecule has 1 unspecified atom stereocenters. The van der Waals surface area contributed by atoms with Crippen LogP contribution in [-0.2, 0) is 14.8 Å². The third kappa shape index (κ3) is 4.71. The molecule has 0 radical (unpaired) electrons. The highest BCUT2D eigenvalue weighted by Crippen LogP contribution is 2.16. The lowest BCUT2D eigenvalue weighted by molar-refractivity contribution is -0.130. The van der Waals surface area contributed by atoms with Gasteiger partial charge in [0.05, 0.1) is 0 Å². The van der Waals surface area contributed by atoms with Gasteiger partial charge in [0.2, 0.25) is 15.9 Å². The first-order valence-electron chi connectivity index (χ1n) is 7.34. The largest absolute Gasteiger partial charge is 0.341 e. The molecule has 1 saturated heterocycles. The van der Waals surface area contributed by atoms with Crippen LogP contribution in [0.2, 0.25) is 0 Å². The smallest absolute Gasteiger partial charge is 0.239 e. The van der Waals surface area contributed by atoms with Gasteiger partial charge in [0.25, 0.3) is 0 Å². The summed E-state index contributed by atoms with van der Waals surface area (Å²) >= 11 is 0.